The molecule has 1 saturated carbocycles. The Morgan fingerprint density at radius 1 is 1.08 bits per heavy atom. The Labute approximate surface area is 253 Å². The van der Waals surface area contributed by atoms with Gasteiger partial charge in [-0.1, -0.05) is 64.5 Å². The van der Waals surface area contributed by atoms with Gasteiger partial charge >= 0.3 is 0 Å². The minimum absolute atomic E-state index is 0.188. The number of aromatic nitrogens is 2. The number of halogens is 4. The van der Waals surface area contributed by atoms with Crippen molar-refractivity contribution in [3.05, 3.63) is 94.8 Å². The van der Waals surface area contributed by atoms with Crippen molar-refractivity contribution in [1.82, 2.24) is 9.66 Å². The van der Waals surface area contributed by atoms with E-state index in [0.717, 1.165) is 41.3 Å². The summed E-state index contributed by atoms with van der Waals surface area (Å²) in [5, 5.41) is 6.25. The van der Waals surface area contributed by atoms with E-state index in [9.17, 15) is 4.79 Å². The fourth-order valence-electron chi connectivity index (χ4n) is 4.77. The molecule has 0 radical (unpaired) electrons. The molecule has 0 unspecified atom stereocenters. The lowest BCUT2D eigenvalue weighted by Gasteiger charge is -2.22. The number of ether oxygens (including phenoxy) is 2. The summed E-state index contributed by atoms with van der Waals surface area (Å²) in [5.74, 6) is 1.93. The second kappa shape index (κ2) is 12.4. The van der Waals surface area contributed by atoms with Crippen LogP contribution in [-0.2, 0) is 6.61 Å². The van der Waals surface area contributed by atoms with Crippen molar-refractivity contribution in [1.29, 1.82) is 0 Å². The molecule has 0 amide bonds. The molecule has 4 aromatic rings. The van der Waals surface area contributed by atoms with Crippen LogP contribution in [0.2, 0.25) is 10.0 Å². The Morgan fingerprint density at radius 3 is 2.62 bits per heavy atom. The van der Waals surface area contributed by atoms with E-state index in [4.69, 9.17) is 37.7 Å². The fourth-order valence-corrected chi connectivity index (χ4v) is 6.17. The first-order valence-electron chi connectivity index (χ1n) is 12.5. The van der Waals surface area contributed by atoms with Gasteiger partial charge < -0.3 is 9.47 Å². The first-order chi connectivity index (χ1) is 18.8. The Kier molecular flexibility index (Phi) is 8.96. The van der Waals surface area contributed by atoms with Crippen LogP contribution < -0.4 is 15.0 Å². The minimum atomic E-state index is -0.191. The molecule has 0 saturated heterocycles. The number of nitrogens with zero attached hydrogens (tertiary/aromatic N) is 3. The van der Waals surface area contributed by atoms with Gasteiger partial charge in [-0.15, -0.1) is 0 Å². The van der Waals surface area contributed by atoms with E-state index in [0.29, 0.717) is 42.7 Å². The molecule has 202 valence electrons. The summed E-state index contributed by atoms with van der Waals surface area (Å²) < 4.78 is 14.6. The molecule has 1 aliphatic rings. The van der Waals surface area contributed by atoms with Crippen LogP contribution in [-0.4, -0.2) is 23.0 Å². The van der Waals surface area contributed by atoms with Crippen molar-refractivity contribution in [2.75, 3.05) is 7.11 Å². The van der Waals surface area contributed by atoms with E-state index in [1.807, 2.05) is 30.3 Å². The maximum Gasteiger partial charge on any atom is 0.282 e. The molecule has 1 aliphatic carbocycles. The Hall–Kier alpha value is -2.39. The van der Waals surface area contributed by atoms with Gasteiger partial charge in [0.2, 0.25) is 0 Å². The largest absolute Gasteiger partial charge is 0.493 e. The smallest absolute Gasteiger partial charge is 0.282 e. The predicted molar refractivity (Wildman–Crippen MR) is 164 cm³/mol. The lowest BCUT2D eigenvalue weighted by Crippen LogP contribution is -2.25. The van der Waals surface area contributed by atoms with E-state index >= 15 is 0 Å². The second-order valence-electron chi connectivity index (χ2n) is 9.39. The Bertz CT molecular complexity index is 1620. The number of rotatable bonds is 7. The number of benzene rings is 3. The zero-order valence-electron chi connectivity index (χ0n) is 21.1. The van der Waals surface area contributed by atoms with Crippen LogP contribution in [0.25, 0.3) is 10.9 Å². The molecule has 6 nitrogen and oxygen atoms in total. The van der Waals surface area contributed by atoms with Crippen LogP contribution in [0.3, 0.4) is 0 Å². The third-order valence-corrected chi connectivity index (χ3v) is 8.43. The highest BCUT2D eigenvalue weighted by Gasteiger charge is 2.22. The number of fused-ring (bicyclic) bond motifs is 1. The lowest BCUT2D eigenvalue weighted by atomic mass is 9.88. The van der Waals surface area contributed by atoms with Gasteiger partial charge in [0.1, 0.15) is 12.4 Å². The summed E-state index contributed by atoms with van der Waals surface area (Å²) in [7, 11) is 1.57. The highest BCUT2D eigenvalue weighted by atomic mass is 79.9. The molecule has 1 fully saturated rings. The maximum atomic E-state index is 13.6. The van der Waals surface area contributed by atoms with Crippen LogP contribution in [0, 0.1) is 0 Å². The summed E-state index contributed by atoms with van der Waals surface area (Å²) in [6.07, 6.45) is 7.08. The topological polar surface area (TPSA) is 65.7 Å². The Morgan fingerprint density at radius 2 is 1.87 bits per heavy atom. The van der Waals surface area contributed by atoms with Gasteiger partial charge in [-0.3, -0.25) is 4.79 Å². The number of hydrogen-bond acceptors (Lipinski definition) is 5. The van der Waals surface area contributed by atoms with Crippen molar-refractivity contribution >= 4 is 72.2 Å². The molecular weight excluding hydrogens is 669 g/mol. The minimum Gasteiger partial charge on any atom is -0.493 e. The molecular formula is C29H25Br2Cl2N3O3. The zero-order chi connectivity index (χ0) is 27.5. The molecule has 0 atom stereocenters. The van der Waals surface area contributed by atoms with Gasteiger partial charge in [0.25, 0.3) is 5.56 Å². The third-order valence-electron chi connectivity index (χ3n) is 6.76. The van der Waals surface area contributed by atoms with Gasteiger partial charge in [0.15, 0.2) is 11.5 Å². The monoisotopic (exact) mass is 691 g/mol. The number of hydrogen-bond donors (Lipinski definition) is 0. The van der Waals surface area contributed by atoms with Gasteiger partial charge in [0.05, 0.1) is 28.7 Å². The van der Waals surface area contributed by atoms with E-state index in [1.54, 1.807) is 31.5 Å². The molecule has 39 heavy (non-hydrogen) atoms. The fraction of sp³-hybridized carbons (Fsp3) is 0.276. The van der Waals surface area contributed by atoms with Crippen LogP contribution >= 0.6 is 55.1 Å². The standard InChI is InChI=1S/C29H25Br2Cl2N3O3/c1-38-26-12-17(11-23(31)27(26)39-16-19-7-9-21(32)14-24(19)33)15-34-36-28(18-5-3-2-4-6-18)35-25-10-8-20(30)13-22(25)29(36)37/h7-15,18H,2-6,16H2,1H3. The van der Waals surface area contributed by atoms with Crippen molar-refractivity contribution < 1.29 is 9.47 Å². The first-order valence-corrected chi connectivity index (χ1v) is 14.9. The van der Waals surface area contributed by atoms with Crippen LogP contribution in [0.4, 0.5) is 0 Å². The predicted octanol–water partition coefficient (Wildman–Crippen LogP) is 8.75. The first kappa shape index (κ1) is 28.1. The van der Waals surface area contributed by atoms with Crippen molar-refractivity contribution in [3.63, 3.8) is 0 Å². The normalized spacial score (nSPS) is 14.3. The highest BCUT2D eigenvalue weighted by Crippen LogP contribution is 2.37. The summed E-state index contributed by atoms with van der Waals surface area (Å²) in [6, 6.07) is 14.5. The zero-order valence-corrected chi connectivity index (χ0v) is 25.8. The molecule has 0 N–H and O–H groups in total. The van der Waals surface area contributed by atoms with E-state index in [-0.39, 0.29) is 18.1 Å². The summed E-state index contributed by atoms with van der Waals surface area (Å²) in [4.78, 5) is 18.5. The summed E-state index contributed by atoms with van der Waals surface area (Å²) in [5.41, 5.74) is 2.02. The molecule has 5 rings (SSSR count). The van der Waals surface area contributed by atoms with Crippen LogP contribution in [0.5, 0.6) is 11.5 Å². The quantitative estimate of drug-likeness (QED) is 0.182. The lowest BCUT2D eigenvalue weighted by molar-refractivity contribution is 0.282. The van der Waals surface area contributed by atoms with Gasteiger partial charge in [-0.2, -0.15) is 9.78 Å². The van der Waals surface area contributed by atoms with Crippen molar-refractivity contribution in [2.24, 2.45) is 5.10 Å². The average Bonchev–Trinajstić information content (AvgIpc) is 2.93. The average molecular weight is 694 g/mol. The van der Waals surface area contributed by atoms with E-state index in [1.165, 1.54) is 11.1 Å². The summed E-state index contributed by atoms with van der Waals surface area (Å²) in [6.45, 7) is 0.233. The SMILES string of the molecule is COc1cc(C=Nn2c(C3CCCCC3)nc3ccc(Br)cc3c2=O)cc(Br)c1OCc1ccc(Cl)cc1Cl. The molecule has 0 spiro atoms. The van der Waals surface area contributed by atoms with Crippen LogP contribution in [0.15, 0.2) is 67.4 Å². The molecule has 1 heterocycles. The van der Waals surface area contributed by atoms with Gasteiger partial charge in [-0.05, 0) is 76.8 Å². The van der Waals surface area contributed by atoms with Gasteiger partial charge in [-0.25, -0.2) is 4.98 Å². The molecule has 0 bridgehead atoms. The molecule has 10 heteroatoms. The summed E-state index contributed by atoms with van der Waals surface area (Å²) >= 11 is 19.4. The van der Waals surface area contributed by atoms with Crippen molar-refractivity contribution in [2.45, 2.75) is 44.6 Å². The van der Waals surface area contributed by atoms with Gasteiger partial charge in [0, 0.05) is 26.0 Å². The maximum absolute atomic E-state index is 13.6. The highest BCUT2D eigenvalue weighted by molar-refractivity contribution is 9.10. The Balaban J connectivity index is 1.49. The molecule has 1 aromatic heterocycles. The molecule has 0 aliphatic heterocycles. The van der Waals surface area contributed by atoms with Crippen LogP contribution in [0.1, 0.15) is 55.0 Å². The third kappa shape index (κ3) is 6.35. The number of methoxy groups -OCH3 is 1. The van der Waals surface area contributed by atoms with E-state index in [2.05, 4.69) is 37.0 Å². The second-order valence-corrected chi connectivity index (χ2v) is 12.0. The van der Waals surface area contributed by atoms with E-state index < -0.39 is 0 Å². The van der Waals surface area contributed by atoms with Crippen molar-refractivity contribution in [3.8, 4) is 11.5 Å². The molecule has 3 aromatic carbocycles.